The Bertz CT molecular complexity index is 221. The van der Waals surface area contributed by atoms with Crippen molar-refractivity contribution in [2.75, 3.05) is 12.0 Å². The fourth-order valence-corrected chi connectivity index (χ4v) is 1.11. The number of nitrogens with one attached hydrogen (secondary N) is 1. The molecule has 1 aromatic rings. The Kier molecular flexibility index (Phi) is 2.93. The molecular formula is C9H14N2. The zero-order valence-corrected chi connectivity index (χ0v) is 6.80. The number of anilines is 1. The third-order valence-electron chi connectivity index (χ3n) is 1.69. The number of rotatable bonds is 3. The van der Waals surface area contributed by atoms with E-state index in [0.29, 0.717) is 6.67 Å². The lowest BCUT2D eigenvalue weighted by atomic mass is 10.1. The molecule has 0 aliphatic rings. The number of benzene rings is 1. The van der Waals surface area contributed by atoms with Crippen LogP contribution in [0.5, 0.6) is 0 Å². The molecule has 0 aromatic heterocycles. The van der Waals surface area contributed by atoms with Crippen LogP contribution in [0.25, 0.3) is 0 Å². The third kappa shape index (κ3) is 1.95. The van der Waals surface area contributed by atoms with Crippen LogP contribution in [-0.2, 0) is 6.42 Å². The van der Waals surface area contributed by atoms with Gasteiger partial charge in [-0.1, -0.05) is 25.1 Å². The molecule has 0 heterocycles. The van der Waals surface area contributed by atoms with Crippen molar-refractivity contribution < 1.29 is 0 Å². The second-order valence-electron chi connectivity index (χ2n) is 2.39. The van der Waals surface area contributed by atoms with Gasteiger partial charge in [0.25, 0.3) is 0 Å². The fraction of sp³-hybridized carbons (Fsp3) is 0.333. The number of nitrogens with two attached hydrogens (primary N) is 1. The van der Waals surface area contributed by atoms with E-state index in [-0.39, 0.29) is 0 Å². The first-order valence-corrected chi connectivity index (χ1v) is 3.90. The van der Waals surface area contributed by atoms with Crippen LogP contribution in [0, 0.1) is 0 Å². The number of hydrogen-bond acceptors (Lipinski definition) is 2. The van der Waals surface area contributed by atoms with E-state index in [9.17, 15) is 0 Å². The van der Waals surface area contributed by atoms with Crippen molar-refractivity contribution in [3.8, 4) is 0 Å². The Labute approximate surface area is 67.4 Å². The predicted octanol–water partition coefficient (Wildman–Crippen LogP) is 1.58. The van der Waals surface area contributed by atoms with E-state index in [1.54, 1.807) is 0 Å². The lowest BCUT2D eigenvalue weighted by Crippen LogP contribution is -2.11. The topological polar surface area (TPSA) is 38.0 Å². The van der Waals surface area contributed by atoms with Crippen molar-refractivity contribution in [1.82, 2.24) is 0 Å². The van der Waals surface area contributed by atoms with Gasteiger partial charge in [-0.2, -0.15) is 0 Å². The van der Waals surface area contributed by atoms with Gasteiger partial charge in [-0.15, -0.1) is 0 Å². The van der Waals surface area contributed by atoms with Gasteiger partial charge in [-0.3, -0.25) is 0 Å². The molecule has 60 valence electrons. The quantitative estimate of drug-likeness (QED) is 0.642. The van der Waals surface area contributed by atoms with Crippen LogP contribution >= 0.6 is 0 Å². The molecule has 1 aromatic carbocycles. The largest absolute Gasteiger partial charge is 0.372 e. The summed E-state index contributed by atoms with van der Waals surface area (Å²) >= 11 is 0. The molecule has 3 N–H and O–H groups in total. The van der Waals surface area contributed by atoms with Crippen LogP contribution in [0.2, 0.25) is 0 Å². The SMILES string of the molecule is CCc1ccccc1NCN. The van der Waals surface area contributed by atoms with Gasteiger partial charge in [0.2, 0.25) is 0 Å². The Morgan fingerprint density at radius 3 is 2.73 bits per heavy atom. The standard InChI is InChI=1S/C9H14N2/c1-2-8-5-3-4-6-9(8)11-7-10/h3-6,11H,2,7,10H2,1H3. The minimum Gasteiger partial charge on any atom is -0.372 e. The van der Waals surface area contributed by atoms with E-state index < -0.39 is 0 Å². The van der Waals surface area contributed by atoms with E-state index in [1.165, 1.54) is 5.56 Å². The highest BCUT2D eigenvalue weighted by atomic mass is 15.0. The smallest absolute Gasteiger partial charge is 0.0628 e. The average molecular weight is 150 g/mol. The highest BCUT2D eigenvalue weighted by Gasteiger charge is 1.95. The summed E-state index contributed by atoms with van der Waals surface area (Å²) in [7, 11) is 0. The normalized spacial score (nSPS) is 9.64. The fourth-order valence-electron chi connectivity index (χ4n) is 1.11. The highest BCUT2D eigenvalue weighted by Crippen LogP contribution is 2.13. The zero-order chi connectivity index (χ0) is 8.10. The van der Waals surface area contributed by atoms with E-state index in [1.807, 2.05) is 18.2 Å². The summed E-state index contributed by atoms with van der Waals surface area (Å²) < 4.78 is 0. The first kappa shape index (κ1) is 8.08. The minimum atomic E-state index is 0.497. The predicted molar refractivity (Wildman–Crippen MR) is 48.5 cm³/mol. The maximum Gasteiger partial charge on any atom is 0.0628 e. The average Bonchev–Trinajstić information content (AvgIpc) is 2.06. The molecule has 2 heteroatoms. The molecule has 0 fully saturated rings. The number of para-hydroxylation sites is 1. The van der Waals surface area contributed by atoms with Crippen molar-refractivity contribution in [3.63, 3.8) is 0 Å². The summed E-state index contributed by atoms with van der Waals surface area (Å²) in [6.45, 7) is 2.63. The van der Waals surface area contributed by atoms with Gasteiger partial charge >= 0.3 is 0 Å². The molecule has 0 amide bonds. The molecule has 0 saturated heterocycles. The summed E-state index contributed by atoms with van der Waals surface area (Å²) in [5, 5.41) is 3.10. The van der Waals surface area contributed by atoms with Crippen LogP contribution in [0.4, 0.5) is 5.69 Å². The van der Waals surface area contributed by atoms with Gasteiger partial charge in [0.15, 0.2) is 0 Å². The van der Waals surface area contributed by atoms with Crippen molar-refractivity contribution >= 4 is 5.69 Å². The Morgan fingerprint density at radius 2 is 2.09 bits per heavy atom. The molecule has 0 bridgehead atoms. The molecule has 0 aliphatic carbocycles. The van der Waals surface area contributed by atoms with E-state index >= 15 is 0 Å². The van der Waals surface area contributed by atoms with Crippen LogP contribution in [0.3, 0.4) is 0 Å². The van der Waals surface area contributed by atoms with Gasteiger partial charge in [-0.25, -0.2) is 0 Å². The number of aryl methyl sites for hydroxylation is 1. The van der Waals surface area contributed by atoms with Crippen LogP contribution in [0.1, 0.15) is 12.5 Å². The van der Waals surface area contributed by atoms with E-state index in [0.717, 1.165) is 12.1 Å². The minimum absolute atomic E-state index is 0.497. The molecule has 0 atom stereocenters. The molecule has 0 saturated carbocycles. The van der Waals surface area contributed by atoms with Crippen LogP contribution < -0.4 is 11.1 Å². The summed E-state index contributed by atoms with van der Waals surface area (Å²) in [6, 6.07) is 8.21. The zero-order valence-electron chi connectivity index (χ0n) is 6.80. The summed E-state index contributed by atoms with van der Waals surface area (Å²) in [4.78, 5) is 0. The summed E-state index contributed by atoms with van der Waals surface area (Å²) in [5.74, 6) is 0. The molecular weight excluding hydrogens is 136 g/mol. The second kappa shape index (κ2) is 3.98. The van der Waals surface area contributed by atoms with Gasteiger partial charge < -0.3 is 11.1 Å². The molecule has 1 rings (SSSR count). The van der Waals surface area contributed by atoms with Gasteiger partial charge in [0, 0.05) is 5.69 Å². The van der Waals surface area contributed by atoms with Crippen LogP contribution in [0.15, 0.2) is 24.3 Å². The molecule has 11 heavy (non-hydrogen) atoms. The van der Waals surface area contributed by atoms with Gasteiger partial charge in [-0.05, 0) is 18.1 Å². The van der Waals surface area contributed by atoms with E-state index in [2.05, 4.69) is 18.3 Å². The first-order chi connectivity index (χ1) is 5.38. The van der Waals surface area contributed by atoms with Gasteiger partial charge in [0.05, 0.1) is 6.67 Å². The molecule has 0 unspecified atom stereocenters. The second-order valence-corrected chi connectivity index (χ2v) is 2.39. The first-order valence-electron chi connectivity index (χ1n) is 3.90. The monoisotopic (exact) mass is 150 g/mol. The Hall–Kier alpha value is -1.02. The van der Waals surface area contributed by atoms with Crippen molar-refractivity contribution in [3.05, 3.63) is 29.8 Å². The summed E-state index contributed by atoms with van der Waals surface area (Å²) in [5.41, 5.74) is 7.84. The Morgan fingerprint density at radius 1 is 1.36 bits per heavy atom. The lowest BCUT2D eigenvalue weighted by Gasteiger charge is -2.07. The molecule has 0 aliphatic heterocycles. The third-order valence-corrected chi connectivity index (χ3v) is 1.69. The maximum atomic E-state index is 5.37. The van der Waals surface area contributed by atoms with Gasteiger partial charge in [0.1, 0.15) is 0 Å². The summed E-state index contributed by atoms with van der Waals surface area (Å²) in [6.07, 6.45) is 1.04. The van der Waals surface area contributed by atoms with E-state index in [4.69, 9.17) is 5.73 Å². The van der Waals surface area contributed by atoms with Crippen molar-refractivity contribution in [2.24, 2.45) is 5.73 Å². The highest BCUT2D eigenvalue weighted by molar-refractivity contribution is 5.50. The van der Waals surface area contributed by atoms with Crippen molar-refractivity contribution in [2.45, 2.75) is 13.3 Å². The molecule has 0 radical (unpaired) electrons. The molecule has 2 nitrogen and oxygen atoms in total. The Balaban J connectivity index is 2.83. The van der Waals surface area contributed by atoms with Crippen LogP contribution in [-0.4, -0.2) is 6.67 Å². The lowest BCUT2D eigenvalue weighted by molar-refractivity contribution is 1.09. The maximum absolute atomic E-state index is 5.37. The molecule has 0 spiro atoms. The number of hydrogen-bond donors (Lipinski definition) is 2. The van der Waals surface area contributed by atoms with Crippen molar-refractivity contribution in [1.29, 1.82) is 0 Å².